The van der Waals surface area contributed by atoms with Crippen LogP contribution in [0.1, 0.15) is 29.5 Å². The topological polar surface area (TPSA) is 83.2 Å². The molecule has 0 saturated heterocycles. The fourth-order valence-electron chi connectivity index (χ4n) is 4.81. The number of phenolic OH excluding ortho intramolecular Hbond substituents is 1. The summed E-state index contributed by atoms with van der Waals surface area (Å²) in [6.45, 7) is 1.60. The van der Waals surface area contributed by atoms with Crippen molar-refractivity contribution in [3.8, 4) is 45.3 Å². The molecular formula is C29H21BrN2O3. The van der Waals surface area contributed by atoms with Crippen LogP contribution >= 0.6 is 15.9 Å². The first-order valence-corrected chi connectivity index (χ1v) is 12.0. The zero-order valence-corrected chi connectivity index (χ0v) is 20.5. The Bertz CT molecular complexity index is 1470. The fraction of sp³-hybridized carbons (Fsp3) is 0.138. The molecule has 1 aliphatic carbocycles. The fourth-order valence-corrected chi connectivity index (χ4v) is 5.07. The Kier molecular flexibility index (Phi) is 6.10. The second kappa shape index (κ2) is 9.36. The molecule has 6 heteroatoms. The number of rotatable bonds is 4. The molecule has 0 amide bonds. The van der Waals surface area contributed by atoms with Crippen molar-refractivity contribution in [3.63, 3.8) is 0 Å². The molecule has 3 aromatic carbocycles. The summed E-state index contributed by atoms with van der Waals surface area (Å²) in [5.74, 6) is -0.323. The summed E-state index contributed by atoms with van der Waals surface area (Å²) in [6.07, 6.45) is 2.17. The van der Waals surface area contributed by atoms with Crippen LogP contribution in [-0.4, -0.2) is 22.7 Å². The Balaban J connectivity index is 1.74. The number of fused-ring (bicyclic) bond motifs is 3. The molecule has 0 fully saturated rings. The van der Waals surface area contributed by atoms with Gasteiger partial charge in [0.15, 0.2) is 0 Å². The zero-order valence-electron chi connectivity index (χ0n) is 19.0. The largest absolute Gasteiger partial charge is 0.507 e. The van der Waals surface area contributed by atoms with Crippen LogP contribution in [0.25, 0.3) is 33.5 Å². The van der Waals surface area contributed by atoms with Gasteiger partial charge >= 0.3 is 5.97 Å². The molecule has 172 valence electrons. The lowest BCUT2D eigenvalue weighted by Gasteiger charge is -2.31. The molecule has 1 aromatic heterocycles. The van der Waals surface area contributed by atoms with Crippen LogP contribution in [0.15, 0.2) is 77.4 Å². The van der Waals surface area contributed by atoms with Gasteiger partial charge in [0.05, 0.1) is 17.9 Å². The maximum absolute atomic E-state index is 11.7. The van der Waals surface area contributed by atoms with E-state index in [1.165, 1.54) is 6.92 Å². The number of carbonyl (C=O) groups is 1. The number of hydrogen-bond acceptors (Lipinski definition) is 5. The van der Waals surface area contributed by atoms with E-state index in [4.69, 9.17) is 10.00 Å². The number of aromatic nitrogens is 1. The number of esters is 1. The van der Waals surface area contributed by atoms with Crippen molar-refractivity contribution in [2.24, 2.45) is 0 Å². The van der Waals surface area contributed by atoms with Gasteiger partial charge in [0.25, 0.3) is 0 Å². The first-order valence-electron chi connectivity index (χ1n) is 11.2. The van der Waals surface area contributed by atoms with Crippen molar-refractivity contribution in [3.05, 3.63) is 94.1 Å². The number of nitrogens with zero attached hydrogens (tertiary/aromatic N) is 2. The maximum Gasteiger partial charge on any atom is 0.302 e. The quantitative estimate of drug-likeness (QED) is 0.303. The third kappa shape index (κ3) is 4.31. The average molecular weight is 525 g/mol. The molecule has 0 saturated carbocycles. The molecule has 1 heterocycles. The van der Waals surface area contributed by atoms with Gasteiger partial charge in [-0.25, -0.2) is 0 Å². The van der Waals surface area contributed by atoms with Crippen LogP contribution in [0, 0.1) is 11.3 Å². The molecule has 1 atom stereocenters. The maximum atomic E-state index is 11.7. The van der Waals surface area contributed by atoms with Gasteiger partial charge in [-0.15, -0.1) is 0 Å². The molecule has 1 N–H and O–H groups in total. The summed E-state index contributed by atoms with van der Waals surface area (Å²) in [4.78, 5) is 16.2. The molecule has 5 rings (SSSR count). The monoisotopic (exact) mass is 524 g/mol. The Labute approximate surface area is 211 Å². The van der Waals surface area contributed by atoms with Crippen molar-refractivity contribution in [2.45, 2.75) is 19.3 Å². The average Bonchev–Trinajstić information content (AvgIpc) is 2.87. The van der Waals surface area contributed by atoms with Gasteiger partial charge in [-0.05, 0) is 64.6 Å². The lowest BCUT2D eigenvalue weighted by Crippen LogP contribution is -2.20. The number of benzene rings is 3. The van der Waals surface area contributed by atoms with E-state index < -0.39 is 0 Å². The molecule has 1 aliphatic rings. The molecule has 0 radical (unpaired) electrons. The van der Waals surface area contributed by atoms with Gasteiger partial charge in [-0.1, -0.05) is 52.3 Å². The van der Waals surface area contributed by atoms with Gasteiger partial charge in [0, 0.05) is 34.6 Å². The van der Waals surface area contributed by atoms with Crippen LogP contribution in [-0.2, 0) is 16.0 Å². The Hall–Kier alpha value is -3.95. The van der Waals surface area contributed by atoms with E-state index in [9.17, 15) is 9.90 Å². The minimum Gasteiger partial charge on any atom is -0.507 e. The highest BCUT2D eigenvalue weighted by atomic mass is 79.9. The van der Waals surface area contributed by atoms with Crippen molar-refractivity contribution in [2.75, 3.05) is 6.61 Å². The molecule has 0 spiro atoms. The molecule has 0 aliphatic heterocycles. The van der Waals surface area contributed by atoms with E-state index in [1.807, 2.05) is 54.6 Å². The van der Waals surface area contributed by atoms with E-state index in [2.05, 4.69) is 27.0 Å². The predicted octanol–water partition coefficient (Wildman–Crippen LogP) is 6.63. The number of halogens is 1. The number of ether oxygens (including phenoxy) is 1. The van der Waals surface area contributed by atoms with E-state index in [-0.39, 0.29) is 24.2 Å². The normalized spacial score (nSPS) is 13.9. The second-order valence-corrected chi connectivity index (χ2v) is 9.42. The second-order valence-electron chi connectivity index (χ2n) is 8.51. The molecular weight excluding hydrogens is 504 g/mol. The summed E-state index contributed by atoms with van der Waals surface area (Å²) in [6, 6.07) is 23.3. The molecule has 4 aromatic rings. The van der Waals surface area contributed by atoms with Crippen LogP contribution in [0.2, 0.25) is 0 Å². The third-order valence-corrected chi connectivity index (χ3v) is 6.87. The third-order valence-electron chi connectivity index (χ3n) is 6.34. The summed E-state index contributed by atoms with van der Waals surface area (Å²) >= 11 is 3.50. The van der Waals surface area contributed by atoms with Crippen molar-refractivity contribution < 1.29 is 14.6 Å². The van der Waals surface area contributed by atoms with Gasteiger partial charge < -0.3 is 9.84 Å². The van der Waals surface area contributed by atoms with Crippen molar-refractivity contribution in [1.29, 1.82) is 5.26 Å². The van der Waals surface area contributed by atoms with Gasteiger partial charge in [0.2, 0.25) is 0 Å². The zero-order chi connectivity index (χ0) is 24.5. The smallest absolute Gasteiger partial charge is 0.302 e. The Morgan fingerprint density at radius 1 is 1.09 bits per heavy atom. The van der Waals surface area contributed by atoms with Crippen LogP contribution in [0.3, 0.4) is 0 Å². The number of nitriles is 1. The molecule has 5 nitrogen and oxygen atoms in total. The molecule has 0 bridgehead atoms. The van der Waals surface area contributed by atoms with Crippen molar-refractivity contribution >= 4 is 21.9 Å². The summed E-state index contributed by atoms with van der Waals surface area (Å²) in [5.41, 5.74) is 7.86. The first-order chi connectivity index (χ1) is 17.0. The Morgan fingerprint density at radius 2 is 1.86 bits per heavy atom. The van der Waals surface area contributed by atoms with Crippen LogP contribution in [0.4, 0.5) is 0 Å². The lowest BCUT2D eigenvalue weighted by molar-refractivity contribution is -0.141. The van der Waals surface area contributed by atoms with Gasteiger partial charge in [-0.2, -0.15) is 5.26 Å². The standard InChI is InChI=1S/C29H21BrN2O3/c1-17(33)35-16-20-13-25-23(26-11-5-18(14-31)15-32-26)3-2-4-24(25)29-27(34)12-10-22(28(20)29)19-6-8-21(30)9-7-19/h2-12,15,20,34H,13,16H2,1H3. The minimum absolute atomic E-state index is 0.160. The SMILES string of the molecule is CC(=O)OCC1Cc2c(-c3ccc(C#N)cn3)cccc2-c2c(O)ccc(-c3ccc(Br)cc3)c21. The number of phenols is 1. The Morgan fingerprint density at radius 3 is 2.54 bits per heavy atom. The summed E-state index contributed by atoms with van der Waals surface area (Å²) < 4.78 is 6.48. The highest BCUT2D eigenvalue weighted by Gasteiger charge is 2.32. The molecule has 1 unspecified atom stereocenters. The number of pyridine rings is 1. The van der Waals surface area contributed by atoms with E-state index in [1.54, 1.807) is 18.3 Å². The van der Waals surface area contributed by atoms with Crippen molar-refractivity contribution in [1.82, 2.24) is 4.98 Å². The first kappa shape index (κ1) is 22.8. The van der Waals surface area contributed by atoms with E-state index in [0.717, 1.165) is 49.1 Å². The number of carbonyl (C=O) groups excluding carboxylic acids is 1. The van der Waals surface area contributed by atoms with Gasteiger partial charge in [-0.3, -0.25) is 9.78 Å². The number of hydrogen-bond donors (Lipinski definition) is 1. The van der Waals surface area contributed by atoms with E-state index >= 15 is 0 Å². The predicted molar refractivity (Wildman–Crippen MR) is 138 cm³/mol. The molecule has 35 heavy (non-hydrogen) atoms. The highest BCUT2D eigenvalue weighted by molar-refractivity contribution is 9.10. The number of aromatic hydroxyl groups is 1. The van der Waals surface area contributed by atoms with Gasteiger partial charge in [0.1, 0.15) is 11.8 Å². The van der Waals surface area contributed by atoms with Crippen LogP contribution in [0.5, 0.6) is 5.75 Å². The minimum atomic E-state index is -0.343. The van der Waals surface area contributed by atoms with Crippen LogP contribution < -0.4 is 0 Å². The summed E-state index contributed by atoms with van der Waals surface area (Å²) in [7, 11) is 0. The lowest BCUT2D eigenvalue weighted by atomic mass is 9.74. The summed E-state index contributed by atoms with van der Waals surface area (Å²) in [5, 5.41) is 20.2. The van der Waals surface area contributed by atoms with E-state index in [0.29, 0.717) is 12.0 Å². The highest BCUT2D eigenvalue weighted by Crippen LogP contribution is 2.50.